The van der Waals surface area contributed by atoms with E-state index in [4.69, 9.17) is 14.7 Å². The molecular formula is C48H44N18O8. The number of nitrogens with zero attached hydrogens (tertiary/aromatic N) is 13. The van der Waals surface area contributed by atoms with Gasteiger partial charge >= 0.3 is 5.97 Å². The number of amides is 5. The van der Waals surface area contributed by atoms with Crippen molar-refractivity contribution in [2.24, 2.45) is 0 Å². The lowest BCUT2D eigenvalue weighted by Gasteiger charge is -2.26. The molecule has 2 saturated carbocycles. The fourth-order valence-electron chi connectivity index (χ4n) is 8.68. The zero-order valence-electron chi connectivity index (χ0n) is 39.2. The summed E-state index contributed by atoms with van der Waals surface area (Å²) in [6.45, 7) is 4.52. The number of hydrogen-bond donors (Lipinski definition) is 6. The first-order chi connectivity index (χ1) is 36.0. The molecule has 3 saturated heterocycles. The van der Waals surface area contributed by atoms with Gasteiger partial charge in [-0.05, 0) is 74.2 Å². The predicted molar refractivity (Wildman–Crippen MR) is 262 cm³/mol. The maximum absolute atomic E-state index is 12.8. The van der Waals surface area contributed by atoms with E-state index in [0.717, 1.165) is 64.0 Å². The summed E-state index contributed by atoms with van der Waals surface area (Å²) in [5.74, 6) is -1.05. The van der Waals surface area contributed by atoms with Gasteiger partial charge in [0.05, 0.1) is 66.1 Å². The topological polar surface area (TPSA) is 317 Å². The van der Waals surface area contributed by atoms with E-state index >= 15 is 0 Å². The summed E-state index contributed by atoms with van der Waals surface area (Å²) in [5, 5.41) is 32.4. The molecule has 0 bridgehead atoms. The van der Waals surface area contributed by atoms with Gasteiger partial charge in [0.25, 0.3) is 17.7 Å². The summed E-state index contributed by atoms with van der Waals surface area (Å²) in [7, 11) is 0. The molecule has 3 aliphatic heterocycles. The van der Waals surface area contributed by atoms with Crippen molar-refractivity contribution in [3.63, 3.8) is 0 Å². The average molecular weight is 1000 g/mol. The van der Waals surface area contributed by atoms with Crippen LogP contribution in [0.2, 0.25) is 0 Å². The largest absolute Gasteiger partial charge is 0.478 e. The Morgan fingerprint density at radius 2 is 1.19 bits per heavy atom. The third-order valence-corrected chi connectivity index (χ3v) is 12.9. The summed E-state index contributed by atoms with van der Waals surface area (Å²) in [6.07, 6.45) is 13.7. The van der Waals surface area contributed by atoms with Crippen LogP contribution < -0.4 is 26.6 Å². The number of aromatic carboxylic acids is 1. The van der Waals surface area contributed by atoms with Crippen LogP contribution in [-0.4, -0.2) is 155 Å². The molecule has 0 spiro atoms. The number of hydrogen-bond acceptors (Lipinski definition) is 18. The van der Waals surface area contributed by atoms with E-state index in [1.54, 1.807) is 67.2 Å². The maximum atomic E-state index is 12.8. The number of morpholine rings is 1. The number of anilines is 2. The third-order valence-electron chi connectivity index (χ3n) is 12.9. The molecule has 9 heterocycles. The van der Waals surface area contributed by atoms with Gasteiger partial charge in [0, 0.05) is 66.1 Å². The lowest BCUT2D eigenvalue weighted by Crippen LogP contribution is -2.41. The van der Waals surface area contributed by atoms with Crippen molar-refractivity contribution in [1.29, 1.82) is 0 Å². The zero-order valence-corrected chi connectivity index (χ0v) is 39.2. The minimum absolute atomic E-state index is 0.000631. The number of carbonyl (C=O) groups excluding carboxylic acids is 5. The first-order valence-electron chi connectivity index (χ1n) is 23.9. The van der Waals surface area contributed by atoms with Crippen molar-refractivity contribution in [1.82, 2.24) is 79.1 Å². The van der Waals surface area contributed by atoms with E-state index in [1.165, 1.54) is 18.5 Å². The van der Waals surface area contributed by atoms with Crippen LogP contribution in [-0.2, 0) is 23.9 Å². The third kappa shape index (κ3) is 9.24. The number of carboxylic acids is 1. The summed E-state index contributed by atoms with van der Waals surface area (Å²) >= 11 is 0. The van der Waals surface area contributed by atoms with Crippen LogP contribution in [0.3, 0.4) is 0 Å². The molecule has 2 aromatic carbocycles. The van der Waals surface area contributed by atoms with Crippen LogP contribution in [0.15, 0.2) is 72.6 Å². The van der Waals surface area contributed by atoms with Gasteiger partial charge in [-0.2, -0.15) is 39.2 Å². The van der Waals surface area contributed by atoms with E-state index in [1.807, 2.05) is 6.07 Å². The van der Waals surface area contributed by atoms with Crippen LogP contribution in [0, 0.1) is 0 Å². The van der Waals surface area contributed by atoms with Crippen molar-refractivity contribution >= 4 is 92.9 Å². The average Bonchev–Trinajstić information content (AvgIpc) is 4.01. The highest BCUT2D eigenvalue weighted by Crippen LogP contribution is 2.29. The van der Waals surface area contributed by atoms with Crippen LogP contribution in [0.25, 0.3) is 57.4 Å². The molecule has 0 atom stereocenters. The fraction of sp³-hybridized carbons (Fsp3) is 0.292. The molecule has 5 amide bonds. The Labute approximate surface area is 416 Å². The monoisotopic (exact) mass is 1000 g/mol. The molecule has 74 heavy (non-hydrogen) atoms. The van der Waals surface area contributed by atoms with Gasteiger partial charge < -0.3 is 25.8 Å². The maximum Gasteiger partial charge on any atom is 0.335 e. The highest BCUT2D eigenvalue weighted by molar-refractivity contribution is 6.16. The lowest BCUT2D eigenvalue weighted by molar-refractivity contribution is -0.125. The zero-order chi connectivity index (χ0) is 50.6. The number of ether oxygens (including phenoxy) is 1. The van der Waals surface area contributed by atoms with Crippen LogP contribution in [0.1, 0.15) is 70.4 Å². The normalized spacial score (nSPS) is 18.2. The number of rotatable bonds is 13. The van der Waals surface area contributed by atoms with Crippen LogP contribution in [0.4, 0.5) is 11.9 Å². The Balaban J connectivity index is 0.000000154. The molecule has 6 N–H and O–H groups in total. The summed E-state index contributed by atoms with van der Waals surface area (Å²) in [6, 6.07) is 10.6. The smallest absolute Gasteiger partial charge is 0.335 e. The van der Waals surface area contributed by atoms with Crippen molar-refractivity contribution < 1.29 is 38.6 Å². The van der Waals surface area contributed by atoms with Gasteiger partial charge in [0.1, 0.15) is 12.7 Å². The highest BCUT2D eigenvalue weighted by Gasteiger charge is 2.29. The number of imide groups is 2. The Morgan fingerprint density at radius 1 is 0.689 bits per heavy atom. The predicted octanol–water partition coefficient (Wildman–Crippen LogP) is 1.70. The van der Waals surface area contributed by atoms with Crippen LogP contribution in [0.5, 0.6) is 0 Å². The number of carbonyl (C=O) groups is 6. The number of fused-ring (bicyclic) bond motifs is 4. The fourth-order valence-corrected chi connectivity index (χ4v) is 8.68. The SMILES string of the molecule is O=C1C/C(=C\c2cnn3c(NC4CC4)nc(-n4cnc5cc(C(=O)NCCN6CCOCC6)ccc54)nc23)C(=O)N1.O=C1C/C(=C\c2cnn3c(NC4CC4)nc(-n4cnc5cc(C(=O)O)ccc54)nc23)C(=O)N1. The second-order valence-electron chi connectivity index (χ2n) is 18.3. The molecule has 5 aliphatic rings. The molecule has 8 aromatic rings. The minimum Gasteiger partial charge on any atom is -0.478 e. The van der Waals surface area contributed by atoms with Crippen molar-refractivity contribution in [2.45, 2.75) is 50.6 Å². The second kappa shape index (κ2) is 18.7. The van der Waals surface area contributed by atoms with Gasteiger partial charge in [-0.3, -0.25) is 48.6 Å². The summed E-state index contributed by atoms with van der Waals surface area (Å²) < 4.78 is 11.9. The molecular weight excluding hydrogens is 957 g/mol. The first kappa shape index (κ1) is 45.8. The van der Waals surface area contributed by atoms with Gasteiger partial charge in [0.2, 0.25) is 35.6 Å². The van der Waals surface area contributed by atoms with E-state index in [0.29, 0.717) is 92.1 Å². The van der Waals surface area contributed by atoms with Crippen molar-refractivity contribution in [2.75, 3.05) is 50.0 Å². The minimum atomic E-state index is -1.04. The molecule has 2 aliphatic carbocycles. The molecule has 26 nitrogen and oxygen atoms in total. The number of aromatic nitrogens is 12. The molecule has 374 valence electrons. The quantitative estimate of drug-likeness (QED) is 0.0707. The molecule has 6 aromatic heterocycles. The van der Waals surface area contributed by atoms with E-state index in [-0.39, 0.29) is 42.2 Å². The molecule has 0 radical (unpaired) electrons. The van der Waals surface area contributed by atoms with Crippen molar-refractivity contribution in [3.05, 3.63) is 94.8 Å². The Morgan fingerprint density at radius 3 is 1.66 bits per heavy atom. The molecule has 0 unspecified atom stereocenters. The molecule has 13 rings (SSSR count). The van der Waals surface area contributed by atoms with Gasteiger partial charge in [0.15, 0.2) is 11.3 Å². The number of imidazole rings is 2. The van der Waals surface area contributed by atoms with Crippen LogP contribution >= 0.6 is 0 Å². The molecule has 5 fully saturated rings. The standard InChI is InChI=1S/C27H28N10O4.C21H16N8O4/c38-22-13-17(25(40)32-22)11-18-14-30-37-23(18)33-26(34-27(37)31-19-2-3-19)36-15-29-20-12-16(1-4-21(20)36)24(39)28-5-6-35-7-9-41-10-8-35;30-16-7-11(18(31)25-16)5-12-8-23-29-17(12)26-20(27-21(29)24-13-2-3-13)28-9-22-14-6-10(19(32)33)1-4-15(14)28/h1,4,11-12,14-15,19H,2-3,5-10,13H2,(H,28,39)(H,31,33,34)(H,32,38,40);1,4-6,8-9,13H,2-3,7H2,(H,32,33)(H,24,26,27)(H,25,30,31)/b17-11+;11-5+. The van der Waals surface area contributed by atoms with E-state index in [2.05, 4.69) is 61.6 Å². The van der Waals surface area contributed by atoms with Crippen molar-refractivity contribution in [3.8, 4) is 11.9 Å². The number of benzene rings is 2. The Kier molecular flexibility index (Phi) is 11.6. The number of nitrogens with one attached hydrogen (secondary N) is 5. The Bertz CT molecular complexity index is 3720. The van der Waals surface area contributed by atoms with Gasteiger partial charge in [-0.1, -0.05) is 0 Å². The first-order valence-corrected chi connectivity index (χ1v) is 23.9. The Hall–Kier alpha value is -9.30. The van der Waals surface area contributed by atoms with E-state index < -0.39 is 17.8 Å². The van der Waals surface area contributed by atoms with Gasteiger partial charge in [-0.25, -0.2) is 14.8 Å². The summed E-state index contributed by atoms with van der Waals surface area (Å²) in [5.41, 5.74) is 5.92. The van der Waals surface area contributed by atoms with E-state index in [9.17, 15) is 33.9 Å². The number of carboxylic acid groups (broad SMARTS) is 1. The second-order valence-corrected chi connectivity index (χ2v) is 18.3. The molecule has 26 heteroatoms. The summed E-state index contributed by atoms with van der Waals surface area (Å²) in [4.78, 5) is 101. The highest BCUT2D eigenvalue weighted by atomic mass is 16.5. The lowest BCUT2D eigenvalue weighted by atomic mass is 10.1. The van der Waals surface area contributed by atoms with Gasteiger partial charge in [-0.15, -0.1) is 0 Å².